The second-order valence-corrected chi connectivity index (χ2v) is 2.09. The van der Waals surface area contributed by atoms with E-state index in [1.165, 1.54) is 7.05 Å². The molecule has 0 bridgehead atoms. The number of carbonyl (C=O) groups is 1. The second kappa shape index (κ2) is 2.38. The number of hydrogen-bond acceptors (Lipinski definition) is 2. The molecule has 5 heteroatoms. The van der Waals surface area contributed by atoms with Gasteiger partial charge in [0, 0.05) is 7.05 Å². The van der Waals surface area contributed by atoms with E-state index >= 15 is 0 Å². The molecule has 0 unspecified atom stereocenters. The van der Waals surface area contributed by atoms with Crippen molar-refractivity contribution in [1.29, 1.82) is 0 Å². The van der Waals surface area contributed by atoms with Crippen LogP contribution in [0.1, 0.15) is 10.4 Å². The lowest BCUT2D eigenvalue weighted by Crippen LogP contribution is -1.94. The first kappa shape index (κ1) is 7.21. The molecule has 0 radical (unpaired) electrons. The van der Waals surface area contributed by atoms with E-state index < -0.39 is 5.95 Å². The van der Waals surface area contributed by atoms with Gasteiger partial charge in [0.2, 0.25) is 5.95 Å². The number of aldehydes is 1. The highest BCUT2D eigenvalue weighted by atomic mass is 35.5. The van der Waals surface area contributed by atoms with Gasteiger partial charge < -0.3 is 0 Å². The number of rotatable bonds is 1. The van der Waals surface area contributed by atoms with Crippen molar-refractivity contribution in [3.8, 4) is 0 Å². The van der Waals surface area contributed by atoms with Crippen molar-refractivity contribution in [3.05, 3.63) is 16.7 Å². The predicted octanol–water partition coefficient (Wildman–Crippen LogP) is 1.03. The summed E-state index contributed by atoms with van der Waals surface area (Å²) in [4.78, 5) is 10.1. The van der Waals surface area contributed by atoms with Crippen molar-refractivity contribution in [3.63, 3.8) is 0 Å². The average molecular weight is 163 g/mol. The Morgan fingerprint density at radius 2 is 2.40 bits per heavy atom. The van der Waals surface area contributed by atoms with Gasteiger partial charge in [0.05, 0.1) is 0 Å². The lowest BCUT2D eigenvalue weighted by atomic mass is 10.4. The van der Waals surface area contributed by atoms with Crippen LogP contribution in [-0.4, -0.2) is 16.1 Å². The molecule has 0 atom stereocenters. The van der Waals surface area contributed by atoms with Crippen molar-refractivity contribution in [1.82, 2.24) is 9.78 Å². The molecule has 10 heavy (non-hydrogen) atoms. The smallest absolute Gasteiger partial charge is 0.223 e. The molecule has 0 aliphatic carbocycles. The quantitative estimate of drug-likeness (QED) is 0.578. The first-order chi connectivity index (χ1) is 4.66. The number of nitrogens with zero attached hydrogens (tertiary/aromatic N) is 2. The van der Waals surface area contributed by atoms with Crippen molar-refractivity contribution >= 4 is 17.9 Å². The first-order valence-electron chi connectivity index (χ1n) is 2.50. The van der Waals surface area contributed by atoms with Gasteiger partial charge in [-0.25, -0.2) is 4.68 Å². The van der Waals surface area contributed by atoms with Crippen molar-refractivity contribution in [2.24, 2.45) is 7.05 Å². The Morgan fingerprint density at radius 1 is 1.80 bits per heavy atom. The van der Waals surface area contributed by atoms with E-state index in [9.17, 15) is 9.18 Å². The molecule has 0 aliphatic heterocycles. The highest BCUT2D eigenvalue weighted by molar-refractivity contribution is 6.31. The second-order valence-electron chi connectivity index (χ2n) is 1.74. The molecular weight excluding hydrogens is 159 g/mol. The predicted molar refractivity (Wildman–Crippen MR) is 33.6 cm³/mol. The van der Waals surface area contributed by atoms with Gasteiger partial charge >= 0.3 is 0 Å². The summed E-state index contributed by atoms with van der Waals surface area (Å²) in [6.45, 7) is 0. The number of carbonyl (C=O) groups excluding carboxylic acids is 1. The van der Waals surface area contributed by atoms with Crippen LogP contribution in [0.2, 0.25) is 5.15 Å². The summed E-state index contributed by atoms with van der Waals surface area (Å²) in [5.41, 5.74) is -0.191. The molecular formula is C5H4ClFN2O. The maximum Gasteiger partial charge on any atom is 0.223 e. The minimum absolute atomic E-state index is 0.102. The molecule has 0 amide bonds. The van der Waals surface area contributed by atoms with Crippen LogP contribution in [0.4, 0.5) is 4.39 Å². The zero-order valence-corrected chi connectivity index (χ0v) is 5.89. The molecule has 0 N–H and O–H groups in total. The van der Waals surface area contributed by atoms with Crippen LogP contribution in [-0.2, 0) is 7.05 Å². The fraction of sp³-hybridized carbons (Fsp3) is 0.200. The normalized spacial score (nSPS) is 9.90. The Balaban J connectivity index is 3.33. The minimum atomic E-state index is -0.708. The lowest BCUT2D eigenvalue weighted by molar-refractivity contribution is 0.111. The van der Waals surface area contributed by atoms with E-state index in [-0.39, 0.29) is 10.7 Å². The van der Waals surface area contributed by atoms with E-state index in [0.717, 1.165) is 4.68 Å². The van der Waals surface area contributed by atoms with Crippen LogP contribution < -0.4 is 0 Å². The van der Waals surface area contributed by atoms with E-state index in [1.807, 2.05) is 0 Å². The standard InChI is InChI=1S/C5H4ClFN2O/c1-9-5(7)3(2-10)4(6)8-9/h2H,1H3. The van der Waals surface area contributed by atoms with Crippen LogP contribution in [0.25, 0.3) is 0 Å². The SMILES string of the molecule is Cn1nc(Cl)c(C=O)c1F. The van der Waals surface area contributed by atoms with Gasteiger partial charge in [0.15, 0.2) is 11.4 Å². The average Bonchev–Trinajstić information content (AvgIpc) is 2.09. The molecule has 0 saturated heterocycles. The van der Waals surface area contributed by atoms with Gasteiger partial charge in [0.25, 0.3) is 0 Å². The van der Waals surface area contributed by atoms with Crippen molar-refractivity contribution in [2.75, 3.05) is 0 Å². The fourth-order valence-electron chi connectivity index (χ4n) is 0.586. The molecule has 1 rings (SSSR count). The minimum Gasteiger partial charge on any atom is -0.298 e. The molecule has 0 aromatic carbocycles. The van der Waals surface area contributed by atoms with Gasteiger partial charge in [0.1, 0.15) is 5.56 Å². The number of aryl methyl sites for hydroxylation is 1. The van der Waals surface area contributed by atoms with Gasteiger partial charge in [-0.2, -0.15) is 9.49 Å². The summed E-state index contributed by atoms with van der Waals surface area (Å²) < 4.78 is 13.5. The maximum absolute atomic E-state index is 12.6. The third-order valence-corrected chi connectivity index (χ3v) is 1.36. The number of hydrogen-bond donors (Lipinski definition) is 0. The summed E-state index contributed by atoms with van der Waals surface area (Å²) in [5, 5.41) is 3.36. The fourth-order valence-corrected chi connectivity index (χ4v) is 0.822. The Hall–Kier alpha value is -0.900. The molecule has 54 valence electrons. The highest BCUT2D eigenvalue weighted by Gasteiger charge is 2.12. The summed E-state index contributed by atoms with van der Waals surface area (Å²) in [6, 6.07) is 0. The molecule has 1 aromatic heterocycles. The van der Waals surface area contributed by atoms with Gasteiger partial charge in [-0.15, -0.1) is 0 Å². The Labute approximate surface area is 61.4 Å². The van der Waals surface area contributed by atoms with Gasteiger partial charge in [-0.05, 0) is 0 Å². The van der Waals surface area contributed by atoms with Gasteiger partial charge in [-0.1, -0.05) is 11.6 Å². The van der Waals surface area contributed by atoms with Crippen LogP contribution in [0.5, 0.6) is 0 Å². The molecule has 0 fully saturated rings. The van der Waals surface area contributed by atoms with Crippen LogP contribution >= 0.6 is 11.6 Å². The monoisotopic (exact) mass is 162 g/mol. The van der Waals surface area contributed by atoms with Crippen molar-refractivity contribution < 1.29 is 9.18 Å². The summed E-state index contributed by atoms with van der Waals surface area (Å²) in [5.74, 6) is -0.708. The Kier molecular flexibility index (Phi) is 1.72. The first-order valence-corrected chi connectivity index (χ1v) is 2.87. The topological polar surface area (TPSA) is 34.9 Å². The molecule has 1 heterocycles. The number of aromatic nitrogens is 2. The molecule has 1 aromatic rings. The molecule has 0 saturated carbocycles. The summed E-state index contributed by atoms with van der Waals surface area (Å²) >= 11 is 5.35. The summed E-state index contributed by atoms with van der Waals surface area (Å²) in [7, 11) is 1.37. The maximum atomic E-state index is 12.6. The Morgan fingerprint density at radius 3 is 2.60 bits per heavy atom. The largest absolute Gasteiger partial charge is 0.298 e. The van der Waals surface area contributed by atoms with Crippen LogP contribution in [0, 0.1) is 5.95 Å². The van der Waals surface area contributed by atoms with Crippen molar-refractivity contribution in [2.45, 2.75) is 0 Å². The zero-order valence-electron chi connectivity index (χ0n) is 5.14. The third kappa shape index (κ3) is 0.903. The van der Waals surface area contributed by atoms with E-state index in [4.69, 9.17) is 11.6 Å². The summed E-state index contributed by atoms with van der Waals surface area (Å²) in [6.07, 6.45) is 0.338. The van der Waals surface area contributed by atoms with Crippen LogP contribution in [0.3, 0.4) is 0 Å². The zero-order chi connectivity index (χ0) is 7.72. The third-order valence-electron chi connectivity index (χ3n) is 1.08. The van der Waals surface area contributed by atoms with Crippen LogP contribution in [0.15, 0.2) is 0 Å². The highest BCUT2D eigenvalue weighted by Crippen LogP contribution is 2.13. The van der Waals surface area contributed by atoms with Gasteiger partial charge in [-0.3, -0.25) is 4.79 Å². The van der Waals surface area contributed by atoms with E-state index in [2.05, 4.69) is 5.10 Å². The van der Waals surface area contributed by atoms with E-state index in [0.29, 0.717) is 6.29 Å². The number of halogens is 2. The lowest BCUT2D eigenvalue weighted by Gasteiger charge is -1.85. The molecule has 0 spiro atoms. The Bertz CT molecular complexity index is 271. The molecule has 3 nitrogen and oxygen atoms in total. The molecule has 0 aliphatic rings. The van der Waals surface area contributed by atoms with E-state index in [1.54, 1.807) is 0 Å².